The first-order valence-electron chi connectivity index (χ1n) is 10.9. The van der Waals surface area contributed by atoms with Crippen LogP contribution in [0.3, 0.4) is 0 Å². The van der Waals surface area contributed by atoms with E-state index < -0.39 is 0 Å². The summed E-state index contributed by atoms with van der Waals surface area (Å²) in [5.74, 6) is 2.76. The first kappa shape index (κ1) is 31.2. The van der Waals surface area contributed by atoms with E-state index in [0.717, 1.165) is 5.56 Å². The Morgan fingerprint density at radius 3 is 1.79 bits per heavy atom. The van der Waals surface area contributed by atoms with Gasteiger partial charge >= 0.3 is 0 Å². The predicted octanol–water partition coefficient (Wildman–Crippen LogP) is 7.91. The molecular weight excluding hydrogens is 415 g/mol. The summed E-state index contributed by atoms with van der Waals surface area (Å²) in [5, 5.41) is 0.142. The van der Waals surface area contributed by atoms with E-state index in [-0.39, 0.29) is 21.6 Å². The average molecular weight is 462 g/mol. The number of carbonyl (C=O) groups is 1. The van der Waals surface area contributed by atoms with Crippen molar-refractivity contribution in [2.45, 2.75) is 86.3 Å². The fraction of sp³-hybridized carbons (Fsp3) is 0.708. The standard InChI is InChI=1S/C21H35OS.C2H6.CH5OPS/c1-7-9-15-23(16-10-8-2)20(21(4,5)6)19(22)18-13-11-17(3)12-14-18;1-2;1-2-4-3/h11-14,20H,7-10,15-16H2,1-6H3;1-2H3;3H2,1H3/q+1;;. The number of Topliss-reactive ketones (excluding diaryl/α,β-unsaturated/α-hetero) is 1. The summed E-state index contributed by atoms with van der Waals surface area (Å²) in [5.41, 5.74) is 2.12. The molecule has 0 aliphatic heterocycles. The molecule has 2 atom stereocenters. The van der Waals surface area contributed by atoms with Crippen molar-refractivity contribution < 1.29 is 8.98 Å². The Hall–Kier alpha value is -0.0200. The molecular formula is C24H46O2PS2+. The minimum absolute atomic E-state index is 0.0204. The topological polar surface area (TPSA) is 26.3 Å². The van der Waals surface area contributed by atoms with Gasteiger partial charge in [0.2, 0.25) is 5.78 Å². The van der Waals surface area contributed by atoms with Gasteiger partial charge in [-0.1, -0.05) is 91.1 Å². The second-order valence-corrected chi connectivity index (χ2v) is 11.4. The zero-order valence-corrected chi connectivity index (χ0v) is 23.1. The van der Waals surface area contributed by atoms with Gasteiger partial charge in [0, 0.05) is 22.6 Å². The van der Waals surface area contributed by atoms with Crippen LogP contribution in [0.4, 0.5) is 0 Å². The Bertz CT molecular complexity index is 503. The van der Waals surface area contributed by atoms with Crippen LogP contribution in [0.15, 0.2) is 24.3 Å². The van der Waals surface area contributed by atoms with E-state index >= 15 is 0 Å². The molecule has 0 bridgehead atoms. The van der Waals surface area contributed by atoms with E-state index in [2.05, 4.69) is 66.3 Å². The van der Waals surface area contributed by atoms with Gasteiger partial charge in [-0.05, 0) is 39.1 Å². The van der Waals surface area contributed by atoms with Crippen LogP contribution in [-0.2, 0) is 15.1 Å². The molecule has 0 spiro atoms. The molecule has 0 radical (unpaired) electrons. The van der Waals surface area contributed by atoms with Crippen molar-refractivity contribution in [3.05, 3.63) is 35.4 Å². The zero-order chi connectivity index (χ0) is 22.9. The first-order valence-corrected chi connectivity index (χ1v) is 14.7. The van der Waals surface area contributed by atoms with Crippen LogP contribution in [0, 0.1) is 12.3 Å². The lowest BCUT2D eigenvalue weighted by Crippen LogP contribution is -2.44. The summed E-state index contributed by atoms with van der Waals surface area (Å²) in [4.78, 5) is 13.3. The number of rotatable bonds is 10. The van der Waals surface area contributed by atoms with Crippen LogP contribution < -0.4 is 0 Å². The molecule has 5 heteroatoms. The third kappa shape index (κ3) is 13.8. The molecule has 0 aliphatic rings. The minimum Gasteiger partial charge on any atom is -0.315 e. The number of unbranched alkanes of at least 4 members (excludes halogenated alkanes) is 2. The summed E-state index contributed by atoms with van der Waals surface area (Å²) >= 11 is 1.27. The lowest BCUT2D eigenvalue weighted by Gasteiger charge is -2.29. The van der Waals surface area contributed by atoms with Crippen LogP contribution in [0.25, 0.3) is 0 Å². The Balaban J connectivity index is 0. The molecule has 2 nitrogen and oxygen atoms in total. The van der Waals surface area contributed by atoms with Crippen LogP contribution >= 0.6 is 20.1 Å². The van der Waals surface area contributed by atoms with Crippen molar-refractivity contribution >= 4 is 36.8 Å². The van der Waals surface area contributed by atoms with Gasteiger partial charge in [0.15, 0.2) is 5.25 Å². The molecule has 2 unspecified atom stereocenters. The highest BCUT2D eigenvalue weighted by molar-refractivity contribution is 8.40. The van der Waals surface area contributed by atoms with Crippen molar-refractivity contribution in [3.8, 4) is 0 Å². The summed E-state index contributed by atoms with van der Waals surface area (Å²) in [6.07, 6.45) is 4.90. The van der Waals surface area contributed by atoms with Gasteiger partial charge in [-0.3, -0.25) is 4.79 Å². The van der Waals surface area contributed by atoms with E-state index in [4.69, 9.17) is 0 Å². The Labute approximate surface area is 191 Å². The molecule has 1 aromatic carbocycles. The van der Waals surface area contributed by atoms with Gasteiger partial charge in [0.05, 0.1) is 7.11 Å². The highest BCUT2D eigenvalue weighted by Gasteiger charge is 2.44. The van der Waals surface area contributed by atoms with Gasteiger partial charge in [-0.15, -0.1) is 0 Å². The molecule has 170 valence electrons. The fourth-order valence-electron chi connectivity index (χ4n) is 2.91. The van der Waals surface area contributed by atoms with Crippen LogP contribution in [0.2, 0.25) is 0 Å². The number of hydrogen-bond acceptors (Lipinski definition) is 3. The van der Waals surface area contributed by atoms with Crippen molar-refractivity contribution in [3.63, 3.8) is 0 Å². The Morgan fingerprint density at radius 2 is 1.48 bits per heavy atom. The van der Waals surface area contributed by atoms with E-state index in [1.54, 1.807) is 7.11 Å². The molecule has 0 amide bonds. The van der Waals surface area contributed by atoms with Gasteiger partial charge in [-0.2, -0.15) is 0 Å². The highest BCUT2D eigenvalue weighted by Crippen LogP contribution is 2.32. The molecule has 0 heterocycles. The summed E-state index contributed by atoms with van der Waals surface area (Å²) in [6, 6.07) is 8.14. The smallest absolute Gasteiger partial charge is 0.215 e. The van der Waals surface area contributed by atoms with Gasteiger partial charge in [0.1, 0.15) is 11.5 Å². The summed E-state index contributed by atoms with van der Waals surface area (Å²) < 4.78 is 4.42. The third-order valence-corrected chi connectivity index (χ3v) is 8.29. The predicted molar refractivity (Wildman–Crippen MR) is 141 cm³/mol. The van der Waals surface area contributed by atoms with Crippen LogP contribution in [0.1, 0.15) is 90.1 Å². The van der Waals surface area contributed by atoms with E-state index in [1.165, 1.54) is 54.4 Å². The first-order chi connectivity index (χ1) is 13.7. The number of ketones is 1. The van der Waals surface area contributed by atoms with E-state index in [0.29, 0.717) is 5.78 Å². The fourth-order valence-corrected chi connectivity index (χ4v) is 6.34. The van der Waals surface area contributed by atoms with Gasteiger partial charge in [0.25, 0.3) is 0 Å². The normalized spacial score (nSPS) is 11.8. The van der Waals surface area contributed by atoms with Crippen LogP contribution in [0.5, 0.6) is 0 Å². The molecule has 0 saturated carbocycles. The quantitative estimate of drug-likeness (QED) is 0.153. The molecule has 0 N–H and O–H groups in total. The van der Waals surface area contributed by atoms with Crippen molar-refractivity contribution in [2.24, 2.45) is 5.41 Å². The lowest BCUT2D eigenvalue weighted by atomic mass is 9.87. The maximum Gasteiger partial charge on any atom is 0.215 e. The van der Waals surface area contributed by atoms with Gasteiger partial charge < -0.3 is 4.18 Å². The molecule has 0 aliphatic carbocycles. The number of benzene rings is 1. The maximum absolute atomic E-state index is 13.3. The lowest BCUT2D eigenvalue weighted by molar-refractivity contribution is 0.0948. The summed E-state index contributed by atoms with van der Waals surface area (Å²) in [6.45, 7) is 17.3. The highest BCUT2D eigenvalue weighted by atomic mass is 32.7. The van der Waals surface area contributed by atoms with Crippen molar-refractivity contribution in [1.29, 1.82) is 0 Å². The minimum atomic E-state index is 0.0204. The Morgan fingerprint density at radius 1 is 1.07 bits per heavy atom. The molecule has 0 fully saturated rings. The van der Waals surface area contributed by atoms with Crippen molar-refractivity contribution in [2.75, 3.05) is 18.6 Å². The SMILES string of the molecule is CC.CCCC[S+](CCCC)C(C(=O)c1ccc(C)cc1)C(C)(C)C.COSP. The van der Waals surface area contributed by atoms with Gasteiger partial charge in [-0.25, -0.2) is 0 Å². The van der Waals surface area contributed by atoms with E-state index in [9.17, 15) is 4.79 Å². The second-order valence-electron chi connectivity index (χ2n) is 7.89. The molecule has 0 saturated heterocycles. The average Bonchev–Trinajstić information content (AvgIpc) is 2.71. The molecule has 1 rings (SSSR count). The summed E-state index contributed by atoms with van der Waals surface area (Å²) in [7, 11) is 4.16. The number of aryl methyl sites for hydroxylation is 1. The van der Waals surface area contributed by atoms with Crippen LogP contribution in [-0.4, -0.2) is 29.6 Å². The second kappa shape index (κ2) is 18.7. The maximum atomic E-state index is 13.3. The largest absolute Gasteiger partial charge is 0.315 e. The third-order valence-electron chi connectivity index (χ3n) is 4.31. The number of carbonyl (C=O) groups excluding carboxylic acids is 1. The Kier molecular flexibility index (Phi) is 20.1. The zero-order valence-electron chi connectivity index (χ0n) is 20.3. The molecule has 1 aromatic rings. The molecule has 0 aromatic heterocycles. The number of hydrogen-bond donors (Lipinski definition) is 0. The van der Waals surface area contributed by atoms with E-state index in [1.807, 2.05) is 26.0 Å². The monoisotopic (exact) mass is 461 g/mol. The molecule has 29 heavy (non-hydrogen) atoms. The van der Waals surface area contributed by atoms with Crippen molar-refractivity contribution in [1.82, 2.24) is 0 Å².